The van der Waals surface area contributed by atoms with E-state index < -0.39 is 0 Å². The van der Waals surface area contributed by atoms with Gasteiger partial charge in [-0.05, 0) is 42.8 Å². The maximum atomic E-state index is 12.2. The second-order valence-corrected chi connectivity index (χ2v) is 6.94. The summed E-state index contributed by atoms with van der Waals surface area (Å²) in [6, 6.07) is 15.1. The predicted octanol–water partition coefficient (Wildman–Crippen LogP) is 4.87. The van der Waals surface area contributed by atoms with Gasteiger partial charge in [0.1, 0.15) is 5.75 Å². The van der Waals surface area contributed by atoms with E-state index in [4.69, 9.17) is 4.74 Å². The molecule has 0 aromatic heterocycles. The first kappa shape index (κ1) is 21.5. The zero-order valence-corrected chi connectivity index (χ0v) is 17.1. The quantitative estimate of drug-likeness (QED) is 0.343. The van der Waals surface area contributed by atoms with Crippen molar-refractivity contribution in [2.24, 2.45) is 5.10 Å². The van der Waals surface area contributed by atoms with Crippen LogP contribution >= 0.6 is 0 Å². The van der Waals surface area contributed by atoms with Gasteiger partial charge in [-0.1, -0.05) is 44.7 Å². The average Bonchev–Trinajstić information content (AvgIpc) is 2.71. The van der Waals surface area contributed by atoms with Gasteiger partial charge in [0.25, 0.3) is 5.91 Å². The van der Waals surface area contributed by atoms with E-state index in [0.29, 0.717) is 12.2 Å². The van der Waals surface area contributed by atoms with Gasteiger partial charge in [-0.3, -0.25) is 4.79 Å². The first-order valence-corrected chi connectivity index (χ1v) is 9.94. The summed E-state index contributed by atoms with van der Waals surface area (Å²) in [6.07, 6.45) is 7.63. The number of ether oxygens (including phenoxy) is 1. The van der Waals surface area contributed by atoms with Gasteiger partial charge >= 0.3 is 0 Å². The van der Waals surface area contributed by atoms with E-state index in [-0.39, 0.29) is 5.91 Å². The molecule has 1 N–H and O–H groups in total. The molecule has 1 amide bonds. The molecule has 0 saturated carbocycles. The Morgan fingerprint density at radius 2 is 1.75 bits per heavy atom. The van der Waals surface area contributed by atoms with Crippen LogP contribution in [0.5, 0.6) is 5.75 Å². The van der Waals surface area contributed by atoms with Crippen molar-refractivity contribution in [1.29, 1.82) is 0 Å². The molecule has 0 aliphatic heterocycles. The van der Waals surface area contributed by atoms with Gasteiger partial charge in [-0.15, -0.1) is 0 Å². The molecule has 0 atom stereocenters. The lowest BCUT2D eigenvalue weighted by atomic mass is 10.2. The van der Waals surface area contributed by atoms with E-state index in [2.05, 4.69) is 17.5 Å². The van der Waals surface area contributed by atoms with Gasteiger partial charge in [-0.2, -0.15) is 5.10 Å². The summed E-state index contributed by atoms with van der Waals surface area (Å²) in [4.78, 5) is 14.2. The van der Waals surface area contributed by atoms with Crippen molar-refractivity contribution in [3.05, 3.63) is 59.7 Å². The number of benzene rings is 2. The highest BCUT2D eigenvalue weighted by molar-refractivity contribution is 5.95. The summed E-state index contributed by atoms with van der Waals surface area (Å²) >= 11 is 0. The van der Waals surface area contributed by atoms with Crippen LogP contribution in [0.15, 0.2) is 53.6 Å². The summed E-state index contributed by atoms with van der Waals surface area (Å²) in [5.41, 5.74) is 5.03. The number of hydrogen-bond acceptors (Lipinski definition) is 4. The minimum atomic E-state index is -0.240. The Balaban J connectivity index is 1.87. The third-order valence-electron chi connectivity index (χ3n) is 4.44. The van der Waals surface area contributed by atoms with Crippen LogP contribution in [0.25, 0.3) is 0 Å². The van der Waals surface area contributed by atoms with Gasteiger partial charge in [-0.25, -0.2) is 5.43 Å². The number of hydrazone groups is 1. The molecule has 2 aromatic carbocycles. The minimum absolute atomic E-state index is 0.240. The van der Waals surface area contributed by atoms with Gasteiger partial charge in [0.15, 0.2) is 0 Å². The van der Waals surface area contributed by atoms with Crippen molar-refractivity contribution in [2.45, 2.75) is 39.0 Å². The van der Waals surface area contributed by atoms with E-state index in [0.717, 1.165) is 23.4 Å². The number of anilines is 1. The molecule has 0 fully saturated rings. The summed E-state index contributed by atoms with van der Waals surface area (Å²) in [7, 11) is 3.92. The first-order valence-electron chi connectivity index (χ1n) is 9.94. The maximum absolute atomic E-state index is 12.2. The Labute approximate surface area is 168 Å². The molecule has 0 heterocycles. The monoisotopic (exact) mass is 381 g/mol. The molecule has 0 saturated heterocycles. The largest absolute Gasteiger partial charge is 0.493 e. The topological polar surface area (TPSA) is 53.9 Å². The molecule has 0 bridgehead atoms. The molecule has 2 rings (SSSR count). The molecule has 0 unspecified atom stereocenters. The number of carbonyl (C=O) groups is 1. The standard InChI is InChI=1S/C23H31N3O2/c1-4-5-6-7-10-17-28-22-12-9-8-11-20(22)18-24-25-23(27)19-13-15-21(16-14-19)26(2)3/h8-9,11-16,18H,4-7,10,17H2,1-3H3,(H,25,27)/b24-18-. The third kappa shape index (κ3) is 7.06. The maximum Gasteiger partial charge on any atom is 0.271 e. The second-order valence-electron chi connectivity index (χ2n) is 6.94. The number of nitrogens with zero attached hydrogens (tertiary/aromatic N) is 2. The molecule has 0 aliphatic rings. The molecule has 5 nitrogen and oxygen atoms in total. The van der Waals surface area contributed by atoms with Crippen molar-refractivity contribution in [1.82, 2.24) is 5.43 Å². The summed E-state index contributed by atoms with van der Waals surface area (Å²) in [6.45, 7) is 2.91. The Morgan fingerprint density at radius 3 is 2.46 bits per heavy atom. The van der Waals surface area contributed by atoms with Crippen LogP contribution in [0.1, 0.15) is 54.9 Å². The third-order valence-corrected chi connectivity index (χ3v) is 4.44. The van der Waals surface area contributed by atoms with E-state index in [9.17, 15) is 4.79 Å². The summed E-state index contributed by atoms with van der Waals surface area (Å²) in [5.74, 6) is 0.544. The van der Waals surface area contributed by atoms with Gasteiger partial charge in [0.05, 0.1) is 12.8 Å². The van der Waals surface area contributed by atoms with E-state index in [1.807, 2.05) is 55.4 Å². The average molecular weight is 382 g/mol. The Morgan fingerprint density at radius 1 is 1.04 bits per heavy atom. The van der Waals surface area contributed by atoms with E-state index in [1.165, 1.54) is 25.7 Å². The molecule has 0 radical (unpaired) electrons. The fourth-order valence-electron chi connectivity index (χ4n) is 2.74. The zero-order chi connectivity index (χ0) is 20.2. The lowest BCUT2D eigenvalue weighted by Gasteiger charge is -2.12. The van der Waals surface area contributed by atoms with E-state index >= 15 is 0 Å². The summed E-state index contributed by atoms with van der Waals surface area (Å²) in [5, 5.41) is 4.09. The van der Waals surface area contributed by atoms with Crippen molar-refractivity contribution in [3.8, 4) is 5.75 Å². The normalized spacial score (nSPS) is 10.8. The van der Waals surface area contributed by atoms with Crippen molar-refractivity contribution >= 4 is 17.8 Å². The Hall–Kier alpha value is -2.82. The molecule has 0 spiro atoms. The van der Waals surface area contributed by atoms with Gasteiger partial charge in [0.2, 0.25) is 0 Å². The number of unbranched alkanes of at least 4 members (excludes halogenated alkanes) is 4. The molecular weight excluding hydrogens is 350 g/mol. The van der Waals surface area contributed by atoms with Crippen molar-refractivity contribution in [3.63, 3.8) is 0 Å². The number of rotatable bonds is 11. The number of amides is 1. The lowest BCUT2D eigenvalue weighted by molar-refractivity contribution is 0.0955. The number of para-hydroxylation sites is 1. The molecule has 0 aliphatic carbocycles. The van der Waals surface area contributed by atoms with Crippen LogP contribution in [0.2, 0.25) is 0 Å². The molecule has 5 heteroatoms. The van der Waals surface area contributed by atoms with Crippen LogP contribution in [0.4, 0.5) is 5.69 Å². The molecular formula is C23H31N3O2. The molecule has 2 aromatic rings. The molecule has 150 valence electrons. The summed E-state index contributed by atoms with van der Waals surface area (Å²) < 4.78 is 5.89. The number of carbonyl (C=O) groups excluding carboxylic acids is 1. The van der Waals surface area contributed by atoms with Gasteiger partial charge in [0, 0.05) is 30.9 Å². The first-order chi connectivity index (χ1) is 13.6. The van der Waals surface area contributed by atoms with Crippen LogP contribution in [0.3, 0.4) is 0 Å². The minimum Gasteiger partial charge on any atom is -0.493 e. The van der Waals surface area contributed by atoms with Crippen LogP contribution in [0, 0.1) is 0 Å². The van der Waals surface area contributed by atoms with Gasteiger partial charge < -0.3 is 9.64 Å². The zero-order valence-electron chi connectivity index (χ0n) is 17.1. The van der Waals surface area contributed by atoms with E-state index in [1.54, 1.807) is 18.3 Å². The Bertz CT molecular complexity index is 755. The van der Waals surface area contributed by atoms with Crippen molar-refractivity contribution < 1.29 is 9.53 Å². The lowest BCUT2D eigenvalue weighted by Crippen LogP contribution is -2.18. The highest BCUT2D eigenvalue weighted by Crippen LogP contribution is 2.17. The molecule has 28 heavy (non-hydrogen) atoms. The number of nitrogens with one attached hydrogen (secondary N) is 1. The van der Waals surface area contributed by atoms with Crippen LogP contribution in [-0.2, 0) is 0 Å². The van der Waals surface area contributed by atoms with Crippen molar-refractivity contribution in [2.75, 3.05) is 25.6 Å². The SMILES string of the molecule is CCCCCCCOc1ccccc1/C=N\NC(=O)c1ccc(N(C)C)cc1. The Kier molecular flexibility index (Phi) is 9.05. The predicted molar refractivity (Wildman–Crippen MR) is 117 cm³/mol. The fraction of sp³-hybridized carbons (Fsp3) is 0.391. The second kappa shape index (κ2) is 11.8. The highest BCUT2D eigenvalue weighted by Gasteiger charge is 2.05. The number of hydrogen-bond donors (Lipinski definition) is 1. The van der Waals surface area contributed by atoms with Crippen LogP contribution in [-0.4, -0.2) is 32.8 Å². The smallest absolute Gasteiger partial charge is 0.271 e. The van der Waals surface area contributed by atoms with Crippen LogP contribution < -0.4 is 15.1 Å². The highest BCUT2D eigenvalue weighted by atomic mass is 16.5. The fourth-order valence-corrected chi connectivity index (χ4v) is 2.74.